The first-order valence-corrected chi connectivity index (χ1v) is 21.5. The highest BCUT2D eigenvalue weighted by atomic mass is 16.7. The molecule has 6 aliphatic carbocycles. The molecule has 2 N–H and O–H groups in total. The van der Waals surface area contributed by atoms with Crippen molar-refractivity contribution in [3.63, 3.8) is 0 Å². The molecule has 2 heterocycles. The molecule has 0 aromatic rings. The Morgan fingerprint density at radius 3 is 2.45 bits per heavy atom. The Labute approximate surface area is 320 Å². The number of allylic oxidation sites excluding steroid dienone is 6. The van der Waals surface area contributed by atoms with Crippen LogP contribution in [-0.2, 0) is 18.9 Å². The van der Waals surface area contributed by atoms with E-state index in [1.807, 2.05) is 20.8 Å². The van der Waals surface area contributed by atoms with Crippen LogP contribution in [0.4, 0.5) is 0 Å². The fourth-order valence-corrected chi connectivity index (χ4v) is 15.0. The number of ether oxygens (including phenoxy) is 4. The Morgan fingerprint density at radius 2 is 1.70 bits per heavy atom. The van der Waals surface area contributed by atoms with Crippen molar-refractivity contribution in [2.75, 3.05) is 26.3 Å². The van der Waals surface area contributed by atoms with Crippen LogP contribution >= 0.6 is 0 Å². The predicted octanol–water partition coefficient (Wildman–Crippen LogP) is 8.02. The first-order chi connectivity index (χ1) is 25.0. The lowest BCUT2D eigenvalue weighted by atomic mass is 9.41. The quantitative estimate of drug-likeness (QED) is 0.262. The van der Waals surface area contributed by atoms with E-state index in [1.165, 1.54) is 37.7 Å². The second-order valence-corrected chi connectivity index (χ2v) is 20.5. The molecule has 7 nitrogen and oxygen atoms in total. The van der Waals surface area contributed by atoms with Gasteiger partial charge in [-0.3, -0.25) is 4.90 Å². The summed E-state index contributed by atoms with van der Waals surface area (Å²) in [6.45, 7) is 23.3. The molecule has 8 rings (SSSR count). The minimum absolute atomic E-state index is 0.00973. The lowest BCUT2D eigenvalue weighted by molar-refractivity contribution is -0.250. The molecule has 0 bridgehead atoms. The lowest BCUT2D eigenvalue weighted by Crippen LogP contribution is -2.60. The second kappa shape index (κ2) is 13.4. The molecule has 0 amide bonds. The van der Waals surface area contributed by atoms with Gasteiger partial charge in [-0.25, -0.2) is 0 Å². The maximum atomic E-state index is 12.7. The Balaban J connectivity index is 0.989. The first kappa shape index (κ1) is 38.5. The SMILES string of the molecule is CCOC(C1CC(C)C2C(O1)C(O)C1(C)C3CCC4C(C)(C)C(OC5CN(C(C)C6=CC=CC=CC=C6)CCO5)CCC45CC35CCC21C)C(C)(C)O. The average Bonchev–Trinajstić information content (AvgIpc) is 3.72. The van der Waals surface area contributed by atoms with Gasteiger partial charge in [0, 0.05) is 24.6 Å². The van der Waals surface area contributed by atoms with Crippen molar-refractivity contribution in [2.45, 2.75) is 162 Å². The van der Waals surface area contributed by atoms with E-state index in [1.54, 1.807) is 0 Å². The molecule has 53 heavy (non-hydrogen) atoms. The van der Waals surface area contributed by atoms with Gasteiger partial charge in [0.2, 0.25) is 0 Å². The number of fused-ring (bicyclic) bond motifs is 4. The normalized spacial score (nSPS) is 48.6. The Kier molecular flexibility index (Phi) is 9.73. The molecular weight excluding hydrogens is 663 g/mol. The van der Waals surface area contributed by atoms with Gasteiger partial charge in [0.25, 0.3) is 0 Å². The number of nitrogens with zero attached hydrogens (tertiary/aromatic N) is 1. The Hall–Kier alpha value is -1.32. The van der Waals surface area contributed by atoms with Crippen molar-refractivity contribution < 1.29 is 29.2 Å². The Bertz CT molecular complexity index is 1510. The standard InChI is InChI=1S/C46H71NO6/c1-10-50-40(42(6,7)49)32-26-29(2)37-38(52-32)39(48)44(9)34-19-18-33-41(4,5)35(20-21-45(33)28-46(34,45)23-22-43(37,44)8)53-36-27-47(24-25-51-36)30(3)31-16-14-12-11-13-15-17-31/h11-17,29-30,32-40,48-49H,10,18-28H2,1-9H3. The number of hydrogen-bond acceptors (Lipinski definition) is 7. The van der Waals surface area contributed by atoms with Gasteiger partial charge in [-0.2, -0.15) is 0 Å². The van der Waals surface area contributed by atoms with E-state index in [4.69, 9.17) is 18.9 Å². The summed E-state index contributed by atoms with van der Waals surface area (Å²) >= 11 is 0. The molecule has 8 aliphatic rings. The lowest BCUT2D eigenvalue weighted by Gasteiger charge is -2.64. The van der Waals surface area contributed by atoms with Gasteiger partial charge >= 0.3 is 0 Å². The third-order valence-electron chi connectivity index (χ3n) is 17.6. The van der Waals surface area contributed by atoms with Crippen LogP contribution in [0, 0.1) is 50.7 Å². The number of aliphatic hydroxyl groups is 2. The minimum Gasteiger partial charge on any atom is -0.390 e. The van der Waals surface area contributed by atoms with Crippen molar-refractivity contribution in [3.8, 4) is 0 Å². The van der Waals surface area contributed by atoms with E-state index >= 15 is 0 Å². The van der Waals surface area contributed by atoms with Crippen molar-refractivity contribution in [1.29, 1.82) is 0 Å². The summed E-state index contributed by atoms with van der Waals surface area (Å²) in [7, 11) is 0. The van der Waals surface area contributed by atoms with Crippen molar-refractivity contribution in [2.24, 2.45) is 50.7 Å². The summed E-state index contributed by atoms with van der Waals surface area (Å²) < 4.78 is 26.6. The van der Waals surface area contributed by atoms with E-state index < -0.39 is 17.8 Å². The van der Waals surface area contributed by atoms with Gasteiger partial charge in [0.15, 0.2) is 6.29 Å². The summed E-state index contributed by atoms with van der Waals surface area (Å²) in [6, 6.07) is 0.293. The van der Waals surface area contributed by atoms with Crippen LogP contribution in [0.2, 0.25) is 0 Å². The zero-order chi connectivity index (χ0) is 37.8. The largest absolute Gasteiger partial charge is 0.390 e. The number of morpholine rings is 1. The summed E-state index contributed by atoms with van der Waals surface area (Å²) in [5, 5.41) is 23.8. The van der Waals surface area contributed by atoms with Crippen LogP contribution in [0.3, 0.4) is 0 Å². The predicted molar refractivity (Wildman–Crippen MR) is 209 cm³/mol. The van der Waals surface area contributed by atoms with E-state index in [0.29, 0.717) is 53.8 Å². The first-order valence-electron chi connectivity index (χ1n) is 21.5. The zero-order valence-electron chi connectivity index (χ0n) is 34.4. The van der Waals surface area contributed by atoms with E-state index in [9.17, 15) is 10.2 Å². The maximum Gasteiger partial charge on any atom is 0.170 e. The van der Waals surface area contributed by atoms with Gasteiger partial charge in [-0.15, -0.1) is 0 Å². The molecular formula is C46H71NO6. The van der Waals surface area contributed by atoms with Crippen LogP contribution in [-0.4, -0.2) is 89.9 Å². The highest BCUT2D eigenvalue weighted by Crippen LogP contribution is 2.89. The molecule has 15 unspecified atom stereocenters. The highest BCUT2D eigenvalue weighted by molar-refractivity contribution is 5.35. The van der Waals surface area contributed by atoms with Crippen molar-refractivity contribution in [3.05, 3.63) is 48.1 Å². The smallest absolute Gasteiger partial charge is 0.170 e. The molecule has 2 aliphatic heterocycles. The summed E-state index contributed by atoms with van der Waals surface area (Å²) in [4.78, 5) is 2.53. The van der Waals surface area contributed by atoms with E-state index in [-0.39, 0.29) is 40.8 Å². The zero-order valence-corrected chi connectivity index (χ0v) is 34.4. The molecule has 2 saturated heterocycles. The van der Waals surface area contributed by atoms with Gasteiger partial charge in [-0.05, 0) is 130 Å². The Morgan fingerprint density at radius 1 is 0.981 bits per heavy atom. The van der Waals surface area contributed by atoms with E-state index in [2.05, 4.69) is 89.0 Å². The minimum atomic E-state index is -1.02. The fourth-order valence-electron chi connectivity index (χ4n) is 15.0. The fraction of sp³-hybridized carbons (Fsp3) is 0.826. The highest BCUT2D eigenvalue weighted by Gasteiger charge is 2.84. The molecule has 5 saturated carbocycles. The number of aliphatic hydroxyl groups excluding tert-OH is 1. The van der Waals surface area contributed by atoms with Gasteiger partial charge in [-0.1, -0.05) is 77.2 Å². The monoisotopic (exact) mass is 734 g/mol. The number of rotatable bonds is 8. The third kappa shape index (κ3) is 5.66. The molecule has 0 aromatic heterocycles. The molecule has 15 atom stereocenters. The van der Waals surface area contributed by atoms with Crippen LogP contribution in [0.5, 0.6) is 0 Å². The second-order valence-electron chi connectivity index (χ2n) is 20.5. The molecule has 0 aromatic carbocycles. The van der Waals surface area contributed by atoms with Crippen LogP contribution in [0.1, 0.15) is 114 Å². The molecule has 296 valence electrons. The third-order valence-corrected chi connectivity index (χ3v) is 17.6. The maximum absolute atomic E-state index is 12.7. The van der Waals surface area contributed by atoms with E-state index in [0.717, 1.165) is 32.4 Å². The summed E-state index contributed by atoms with van der Waals surface area (Å²) in [5.74, 6) is 1.79. The van der Waals surface area contributed by atoms with Crippen molar-refractivity contribution >= 4 is 0 Å². The topological polar surface area (TPSA) is 80.6 Å². The van der Waals surface area contributed by atoms with Crippen LogP contribution < -0.4 is 0 Å². The summed E-state index contributed by atoms with van der Waals surface area (Å²) in [6.07, 6.45) is 22.8. The van der Waals surface area contributed by atoms with Crippen LogP contribution in [0.15, 0.2) is 48.1 Å². The van der Waals surface area contributed by atoms with Gasteiger partial charge < -0.3 is 29.2 Å². The molecule has 2 spiro atoms. The molecule has 7 heteroatoms. The molecule has 7 fully saturated rings. The summed E-state index contributed by atoms with van der Waals surface area (Å²) in [5.41, 5.74) is 0.767. The van der Waals surface area contributed by atoms with Gasteiger partial charge in [0.1, 0.15) is 6.10 Å². The average molecular weight is 734 g/mol. The van der Waals surface area contributed by atoms with Crippen molar-refractivity contribution in [1.82, 2.24) is 4.90 Å². The molecule has 0 radical (unpaired) electrons. The number of hydrogen-bond donors (Lipinski definition) is 2. The van der Waals surface area contributed by atoms with Crippen LogP contribution in [0.25, 0.3) is 0 Å². The van der Waals surface area contributed by atoms with Gasteiger partial charge in [0.05, 0.1) is 43.2 Å².